The molecule has 7 nitrogen and oxygen atoms in total. The summed E-state index contributed by atoms with van der Waals surface area (Å²) < 4.78 is 5.11. The number of carbonyl (C=O) groups is 1. The Balaban J connectivity index is 1.47. The summed E-state index contributed by atoms with van der Waals surface area (Å²) in [4.78, 5) is 20.3. The monoisotopic (exact) mass is 400 g/mol. The summed E-state index contributed by atoms with van der Waals surface area (Å²) in [7, 11) is 1.53. The number of imidazole rings is 1. The zero-order valence-corrected chi connectivity index (χ0v) is 16.5. The molecule has 0 saturated heterocycles. The Labute approximate surface area is 173 Å². The summed E-state index contributed by atoms with van der Waals surface area (Å²) in [5, 5.41) is 13.8. The predicted octanol–water partition coefficient (Wildman–Crippen LogP) is 4.02. The molecule has 3 N–H and O–H groups in total. The number of rotatable bonds is 5. The van der Waals surface area contributed by atoms with E-state index < -0.39 is 0 Å². The highest BCUT2D eigenvalue weighted by Crippen LogP contribution is 2.23. The van der Waals surface area contributed by atoms with Crippen LogP contribution in [0.15, 0.2) is 65.8 Å². The highest BCUT2D eigenvalue weighted by molar-refractivity contribution is 5.95. The van der Waals surface area contributed by atoms with Gasteiger partial charge in [0.15, 0.2) is 0 Å². The Morgan fingerprint density at radius 2 is 1.97 bits per heavy atom. The van der Waals surface area contributed by atoms with Crippen molar-refractivity contribution >= 4 is 23.2 Å². The van der Waals surface area contributed by atoms with E-state index in [1.165, 1.54) is 19.4 Å². The number of carbonyl (C=O) groups excluding carboxylic acids is 1. The number of amides is 1. The number of nitrogens with one attached hydrogen (secondary N) is 2. The fourth-order valence-corrected chi connectivity index (χ4v) is 3.08. The van der Waals surface area contributed by atoms with Gasteiger partial charge in [0.05, 0.1) is 24.4 Å². The quantitative estimate of drug-likeness (QED) is 0.348. The van der Waals surface area contributed by atoms with Crippen LogP contribution in [0.1, 0.15) is 21.5 Å². The number of benzene rings is 3. The predicted molar refractivity (Wildman–Crippen MR) is 116 cm³/mol. The molecule has 0 unspecified atom stereocenters. The molecule has 150 valence electrons. The standard InChI is InChI=1S/C23H20N4O3/c1-14-4-3-5-19-21(14)26-22(25-19)15-6-8-16(9-7-15)23(29)27-24-13-17-12-18(30-2)10-11-20(17)28/h3-13,28H,1-2H3,(H,25,26)(H,27,29)/b24-13+. The number of hydrazone groups is 1. The van der Waals surface area contributed by atoms with E-state index in [0.717, 1.165) is 28.0 Å². The average molecular weight is 400 g/mol. The van der Waals surface area contributed by atoms with Crippen molar-refractivity contribution in [2.24, 2.45) is 5.10 Å². The van der Waals surface area contributed by atoms with E-state index in [1.54, 1.807) is 24.3 Å². The molecule has 4 aromatic rings. The van der Waals surface area contributed by atoms with Gasteiger partial charge in [-0.25, -0.2) is 10.4 Å². The minimum atomic E-state index is -0.361. The van der Waals surface area contributed by atoms with Crippen LogP contribution in [-0.2, 0) is 0 Å². The number of aromatic nitrogens is 2. The number of hydrogen-bond acceptors (Lipinski definition) is 5. The summed E-state index contributed by atoms with van der Waals surface area (Å²) in [6, 6.07) is 17.8. The van der Waals surface area contributed by atoms with Crippen LogP contribution in [0.2, 0.25) is 0 Å². The highest BCUT2D eigenvalue weighted by Gasteiger charge is 2.09. The molecule has 7 heteroatoms. The van der Waals surface area contributed by atoms with Gasteiger partial charge in [0, 0.05) is 16.7 Å². The topological polar surface area (TPSA) is 99.6 Å². The first-order valence-electron chi connectivity index (χ1n) is 9.31. The van der Waals surface area contributed by atoms with Crippen molar-refractivity contribution in [2.45, 2.75) is 6.92 Å². The van der Waals surface area contributed by atoms with Crippen molar-refractivity contribution in [3.05, 3.63) is 77.4 Å². The van der Waals surface area contributed by atoms with E-state index in [0.29, 0.717) is 16.9 Å². The van der Waals surface area contributed by atoms with E-state index >= 15 is 0 Å². The normalized spacial score (nSPS) is 11.1. The number of para-hydroxylation sites is 1. The zero-order chi connectivity index (χ0) is 21.1. The Hall–Kier alpha value is -4.13. The van der Waals surface area contributed by atoms with Crippen LogP contribution in [0.4, 0.5) is 0 Å². The molecule has 1 heterocycles. The van der Waals surface area contributed by atoms with Crippen molar-refractivity contribution in [2.75, 3.05) is 7.11 Å². The lowest BCUT2D eigenvalue weighted by molar-refractivity contribution is 0.0955. The maximum Gasteiger partial charge on any atom is 0.271 e. The lowest BCUT2D eigenvalue weighted by Crippen LogP contribution is -2.17. The number of aromatic hydroxyl groups is 1. The number of aryl methyl sites for hydroxylation is 1. The third-order valence-corrected chi connectivity index (χ3v) is 4.74. The fourth-order valence-electron chi connectivity index (χ4n) is 3.08. The molecule has 0 aliphatic rings. The summed E-state index contributed by atoms with van der Waals surface area (Å²) in [6.07, 6.45) is 1.36. The number of hydrogen-bond donors (Lipinski definition) is 3. The van der Waals surface area contributed by atoms with Gasteiger partial charge < -0.3 is 14.8 Å². The number of methoxy groups -OCH3 is 1. The SMILES string of the molecule is COc1ccc(O)c(/C=N/NC(=O)c2ccc(-c3nc4c(C)cccc4[nH]3)cc2)c1. The van der Waals surface area contributed by atoms with E-state index in [2.05, 4.69) is 20.5 Å². The Morgan fingerprint density at radius 1 is 1.17 bits per heavy atom. The molecule has 0 aliphatic heterocycles. The number of phenols is 1. The van der Waals surface area contributed by atoms with Crippen LogP contribution in [0.3, 0.4) is 0 Å². The smallest absolute Gasteiger partial charge is 0.271 e. The van der Waals surface area contributed by atoms with Gasteiger partial charge in [-0.1, -0.05) is 24.3 Å². The summed E-state index contributed by atoms with van der Waals surface area (Å²) in [6.45, 7) is 2.02. The number of H-pyrrole nitrogens is 1. The van der Waals surface area contributed by atoms with Crippen molar-refractivity contribution < 1.29 is 14.6 Å². The van der Waals surface area contributed by atoms with E-state index in [-0.39, 0.29) is 11.7 Å². The summed E-state index contributed by atoms with van der Waals surface area (Å²) in [5.74, 6) is 1.01. The molecule has 0 fully saturated rings. The Bertz CT molecular complexity index is 1240. The maximum absolute atomic E-state index is 12.3. The van der Waals surface area contributed by atoms with Gasteiger partial charge in [-0.05, 0) is 48.9 Å². The number of nitrogens with zero attached hydrogens (tertiary/aromatic N) is 2. The second-order valence-electron chi connectivity index (χ2n) is 6.76. The molecule has 1 aromatic heterocycles. The van der Waals surface area contributed by atoms with Crippen LogP contribution in [0, 0.1) is 6.92 Å². The van der Waals surface area contributed by atoms with Crippen LogP contribution < -0.4 is 10.2 Å². The van der Waals surface area contributed by atoms with Gasteiger partial charge in [0.25, 0.3) is 5.91 Å². The molecule has 0 atom stereocenters. The van der Waals surface area contributed by atoms with Gasteiger partial charge >= 0.3 is 0 Å². The van der Waals surface area contributed by atoms with Crippen molar-refractivity contribution in [3.8, 4) is 22.9 Å². The molecule has 1 amide bonds. The minimum Gasteiger partial charge on any atom is -0.507 e. The first kappa shape index (κ1) is 19.2. The highest BCUT2D eigenvalue weighted by atomic mass is 16.5. The van der Waals surface area contributed by atoms with Crippen LogP contribution in [-0.4, -0.2) is 34.3 Å². The first-order valence-corrected chi connectivity index (χ1v) is 9.31. The van der Waals surface area contributed by atoms with Crippen molar-refractivity contribution in [3.63, 3.8) is 0 Å². The van der Waals surface area contributed by atoms with Crippen molar-refractivity contribution in [1.29, 1.82) is 0 Å². The van der Waals surface area contributed by atoms with Crippen LogP contribution >= 0.6 is 0 Å². The number of fused-ring (bicyclic) bond motifs is 1. The number of ether oxygens (including phenoxy) is 1. The molecule has 3 aromatic carbocycles. The molecule has 30 heavy (non-hydrogen) atoms. The van der Waals surface area contributed by atoms with E-state index in [1.807, 2.05) is 37.3 Å². The number of phenolic OH excluding ortho intramolecular Hbond substituents is 1. The molecule has 0 radical (unpaired) electrons. The van der Waals surface area contributed by atoms with E-state index in [4.69, 9.17) is 4.74 Å². The number of aromatic amines is 1. The molecular formula is C23H20N4O3. The van der Waals surface area contributed by atoms with Gasteiger partial charge in [-0.2, -0.15) is 5.10 Å². The van der Waals surface area contributed by atoms with Gasteiger partial charge in [0.2, 0.25) is 0 Å². The second-order valence-corrected chi connectivity index (χ2v) is 6.76. The molecule has 0 saturated carbocycles. The van der Waals surface area contributed by atoms with E-state index in [9.17, 15) is 9.90 Å². The Kier molecular flexibility index (Phi) is 5.17. The molecule has 0 bridgehead atoms. The third-order valence-electron chi connectivity index (χ3n) is 4.74. The minimum absolute atomic E-state index is 0.0409. The molecule has 0 aliphatic carbocycles. The first-order chi connectivity index (χ1) is 14.5. The summed E-state index contributed by atoms with van der Waals surface area (Å²) in [5.41, 5.74) is 7.24. The van der Waals surface area contributed by atoms with Crippen molar-refractivity contribution in [1.82, 2.24) is 15.4 Å². The van der Waals surface area contributed by atoms with Gasteiger partial charge in [-0.3, -0.25) is 4.79 Å². The largest absolute Gasteiger partial charge is 0.507 e. The van der Waals surface area contributed by atoms with Gasteiger partial charge in [0.1, 0.15) is 17.3 Å². The fraction of sp³-hybridized carbons (Fsp3) is 0.0870. The average Bonchev–Trinajstić information content (AvgIpc) is 3.21. The molecular weight excluding hydrogens is 380 g/mol. The zero-order valence-electron chi connectivity index (χ0n) is 16.5. The summed E-state index contributed by atoms with van der Waals surface area (Å²) >= 11 is 0. The molecule has 0 spiro atoms. The van der Waals surface area contributed by atoms with Crippen LogP contribution in [0.5, 0.6) is 11.5 Å². The van der Waals surface area contributed by atoms with Crippen LogP contribution in [0.25, 0.3) is 22.4 Å². The third kappa shape index (κ3) is 3.86. The maximum atomic E-state index is 12.3. The lowest BCUT2D eigenvalue weighted by atomic mass is 10.1. The molecule has 4 rings (SSSR count). The van der Waals surface area contributed by atoms with Gasteiger partial charge in [-0.15, -0.1) is 0 Å². The second kappa shape index (κ2) is 8.08. The Morgan fingerprint density at radius 3 is 2.70 bits per heavy atom. The lowest BCUT2D eigenvalue weighted by Gasteiger charge is -2.04.